The monoisotopic (exact) mass is 320 g/mol. The molecule has 0 bridgehead atoms. The second-order valence-corrected chi connectivity index (χ2v) is 5.12. The highest BCUT2D eigenvalue weighted by molar-refractivity contribution is 6.31. The van der Waals surface area contributed by atoms with E-state index in [1.54, 1.807) is 28.9 Å². The number of aryl methyl sites for hydroxylation is 1. The average molecular weight is 321 g/mol. The number of ether oxygens (including phenoxy) is 1. The van der Waals surface area contributed by atoms with Crippen LogP contribution in [0.5, 0.6) is 0 Å². The van der Waals surface area contributed by atoms with Crippen LogP contribution in [0.15, 0.2) is 28.7 Å². The van der Waals surface area contributed by atoms with Crippen LogP contribution >= 0.6 is 11.6 Å². The molecule has 7 nitrogen and oxygen atoms in total. The van der Waals surface area contributed by atoms with Gasteiger partial charge in [0.25, 0.3) is 0 Å². The second-order valence-electron chi connectivity index (χ2n) is 4.69. The third kappa shape index (κ3) is 2.94. The van der Waals surface area contributed by atoms with Gasteiger partial charge in [-0.05, 0) is 41.1 Å². The van der Waals surface area contributed by atoms with Crippen molar-refractivity contribution in [2.45, 2.75) is 26.5 Å². The summed E-state index contributed by atoms with van der Waals surface area (Å²) >= 11 is 5.90. The predicted octanol–water partition coefficient (Wildman–Crippen LogP) is 2.84. The molecule has 0 aliphatic heterocycles. The van der Waals surface area contributed by atoms with Gasteiger partial charge in [-0.15, -0.1) is 5.10 Å². The van der Waals surface area contributed by atoms with Gasteiger partial charge >= 0.3 is 5.97 Å². The van der Waals surface area contributed by atoms with Gasteiger partial charge in [-0.1, -0.05) is 18.5 Å². The third-order valence-electron chi connectivity index (χ3n) is 3.05. The first kappa shape index (κ1) is 14.5. The summed E-state index contributed by atoms with van der Waals surface area (Å²) in [6.07, 6.45) is 0.885. The van der Waals surface area contributed by atoms with E-state index in [9.17, 15) is 4.79 Å². The minimum absolute atomic E-state index is 0.0103. The van der Waals surface area contributed by atoms with Gasteiger partial charge in [-0.25, -0.2) is 9.48 Å². The highest BCUT2D eigenvalue weighted by Crippen LogP contribution is 2.23. The number of carbonyl (C=O) groups excluding carboxylic acids is 1. The minimum Gasteiger partial charge on any atom is -0.452 e. The average Bonchev–Trinajstić information content (AvgIpc) is 3.11. The Morgan fingerprint density at radius 2 is 2.27 bits per heavy atom. The van der Waals surface area contributed by atoms with Crippen LogP contribution in [0.1, 0.15) is 29.7 Å². The SMILES string of the molecule is CCCn1nnnc1COC(=O)c1cc2cc(Cl)ccc2o1. The number of benzene rings is 1. The molecule has 2 aromatic heterocycles. The van der Waals surface area contributed by atoms with Crippen LogP contribution in [0.4, 0.5) is 0 Å². The van der Waals surface area contributed by atoms with E-state index in [1.807, 2.05) is 6.92 Å². The molecule has 2 heterocycles. The van der Waals surface area contributed by atoms with Crippen LogP contribution in [-0.4, -0.2) is 26.2 Å². The largest absolute Gasteiger partial charge is 0.452 e. The van der Waals surface area contributed by atoms with E-state index in [-0.39, 0.29) is 12.4 Å². The van der Waals surface area contributed by atoms with Crippen LogP contribution in [-0.2, 0) is 17.9 Å². The Hall–Kier alpha value is -2.41. The number of hydrogen-bond donors (Lipinski definition) is 0. The number of carbonyl (C=O) groups is 1. The summed E-state index contributed by atoms with van der Waals surface area (Å²) in [5, 5.41) is 12.5. The van der Waals surface area contributed by atoms with Crippen molar-refractivity contribution in [2.24, 2.45) is 0 Å². The normalized spacial score (nSPS) is 11.0. The van der Waals surface area contributed by atoms with Crippen molar-refractivity contribution >= 4 is 28.5 Å². The molecule has 0 saturated heterocycles. The van der Waals surface area contributed by atoms with Gasteiger partial charge in [-0.3, -0.25) is 0 Å². The maximum atomic E-state index is 12.0. The minimum atomic E-state index is -0.571. The molecule has 0 atom stereocenters. The molecule has 0 fully saturated rings. The maximum absolute atomic E-state index is 12.0. The fourth-order valence-corrected chi connectivity index (χ4v) is 2.21. The van der Waals surface area contributed by atoms with Crippen molar-refractivity contribution in [1.82, 2.24) is 20.2 Å². The molecule has 0 saturated carbocycles. The molecule has 0 amide bonds. The molecule has 0 aliphatic rings. The molecule has 3 aromatic rings. The summed E-state index contributed by atoms with van der Waals surface area (Å²) in [7, 11) is 0. The predicted molar refractivity (Wildman–Crippen MR) is 78.5 cm³/mol. The van der Waals surface area contributed by atoms with E-state index in [1.165, 1.54) is 0 Å². The molecule has 0 unspecified atom stereocenters. The Labute approximate surface area is 130 Å². The van der Waals surface area contributed by atoms with Crippen molar-refractivity contribution in [3.63, 3.8) is 0 Å². The third-order valence-corrected chi connectivity index (χ3v) is 3.29. The molecular formula is C14H13ClN4O3. The standard InChI is InChI=1S/C14H13ClN4O3/c1-2-5-19-13(16-17-18-19)8-21-14(20)12-7-9-6-10(15)3-4-11(9)22-12/h3-4,6-7H,2,5,8H2,1H3. The summed E-state index contributed by atoms with van der Waals surface area (Å²) in [6, 6.07) is 6.72. The Morgan fingerprint density at radius 3 is 3.09 bits per heavy atom. The Kier molecular flexibility index (Phi) is 4.06. The van der Waals surface area contributed by atoms with Gasteiger partial charge in [0, 0.05) is 17.0 Å². The second kappa shape index (κ2) is 6.15. The lowest BCUT2D eigenvalue weighted by atomic mass is 10.2. The number of tetrazole rings is 1. The summed E-state index contributed by atoms with van der Waals surface area (Å²) in [5.41, 5.74) is 0.576. The van der Waals surface area contributed by atoms with Gasteiger partial charge in [0.2, 0.25) is 5.76 Å². The van der Waals surface area contributed by atoms with Crippen molar-refractivity contribution in [3.8, 4) is 0 Å². The Bertz CT molecular complexity index is 811. The van der Waals surface area contributed by atoms with Crippen LogP contribution in [0.2, 0.25) is 5.02 Å². The first-order valence-corrected chi connectivity index (χ1v) is 7.16. The number of esters is 1. The molecular weight excluding hydrogens is 308 g/mol. The fraction of sp³-hybridized carbons (Fsp3) is 0.286. The van der Waals surface area contributed by atoms with Gasteiger partial charge in [0.1, 0.15) is 5.58 Å². The van der Waals surface area contributed by atoms with Gasteiger partial charge in [0.05, 0.1) is 0 Å². The molecule has 0 radical (unpaired) electrons. The van der Waals surface area contributed by atoms with Crippen LogP contribution in [0.25, 0.3) is 11.0 Å². The van der Waals surface area contributed by atoms with Crippen molar-refractivity contribution in [2.75, 3.05) is 0 Å². The molecule has 8 heteroatoms. The summed E-state index contributed by atoms with van der Waals surface area (Å²) in [6.45, 7) is 2.67. The van der Waals surface area contributed by atoms with E-state index >= 15 is 0 Å². The summed E-state index contributed by atoms with van der Waals surface area (Å²) < 4.78 is 12.2. The number of hydrogen-bond acceptors (Lipinski definition) is 6. The number of rotatable bonds is 5. The maximum Gasteiger partial charge on any atom is 0.374 e. The van der Waals surface area contributed by atoms with E-state index in [2.05, 4.69) is 15.5 Å². The van der Waals surface area contributed by atoms with E-state index < -0.39 is 5.97 Å². The lowest BCUT2D eigenvalue weighted by Gasteiger charge is -2.03. The topological polar surface area (TPSA) is 83.0 Å². The van der Waals surface area contributed by atoms with Gasteiger partial charge < -0.3 is 9.15 Å². The Morgan fingerprint density at radius 1 is 1.41 bits per heavy atom. The molecule has 0 spiro atoms. The van der Waals surface area contributed by atoms with E-state index in [4.69, 9.17) is 20.8 Å². The first-order chi connectivity index (χ1) is 10.7. The van der Waals surface area contributed by atoms with Crippen molar-refractivity contribution in [1.29, 1.82) is 0 Å². The zero-order valence-corrected chi connectivity index (χ0v) is 12.6. The molecule has 3 rings (SSSR count). The van der Waals surface area contributed by atoms with Crippen LogP contribution in [0.3, 0.4) is 0 Å². The van der Waals surface area contributed by atoms with E-state index in [0.717, 1.165) is 11.8 Å². The lowest BCUT2D eigenvalue weighted by molar-refractivity contribution is 0.0422. The fourth-order valence-electron chi connectivity index (χ4n) is 2.03. The quantitative estimate of drug-likeness (QED) is 0.672. The van der Waals surface area contributed by atoms with Crippen molar-refractivity contribution < 1.29 is 13.9 Å². The van der Waals surface area contributed by atoms with Crippen LogP contribution < -0.4 is 0 Å². The number of aromatic nitrogens is 4. The van der Waals surface area contributed by atoms with Crippen LogP contribution in [0, 0.1) is 0 Å². The summed E-state index contributed by atoms with van der Waals surface area (Å²) in [4.78, 5) is 12.0. The molecule has 22 heavy (non-hydrogen) atoms. The first-order valence-electron chi connectivity index (χ1n) is 6.78. The molecule has 1 aromatic carbocycles. The van der Waals surface area contributed by atoms with Gasteiger partial charge in [0.15, 0.2) is 12.4 Å². The highest BCUT2D eigenvalue weighted by Gasteiger charge is 2.16. The zero-order chi connectivity index (χ0) is 15.5. The number of halogens is 1. The Balaban J connectivity index is 1.71. The number of furan rings is 1. The number of nitrogens with zero attached hydrogens (tertiary/aromatic N) is 4. The molecule has 0 aliphatic carbocycles. The zero-order valence-electron chi connectivity index (χ0n) is 11.8. The smallest absolute Gasteiger partial charge is 0.374 e. The van der Waals surface area contributed by atoms with E-state index in [0.29, 0.717) is 23.0 Å². The molecule has 114 valence electrons. The molecule has 0 N–H and O–H groups in total. The lowest BCUT2D eigenvalue weighted by Crippen LogP contribution is -2.10. The van der Waals surface area contributed by atoms with Gasteiger partial charge in [-0.2, -0.15) is 0 Å². The highest BCUT2D eigenvalue weighted by atomic mass is 35.5. The van der Waals surface area contributed by atoms with Crippen molar-refractivity contribution in [3.05, 3.63) is 40.9 Å². The number of fused-ring (bicyclic) bond motifs is 1. The summed E-state index contributed by atoms with van der Waals surface area (Å²) in [5.74, 6) is 0.0412.